The molecule has 1 aromatic carbocycles. The molecule has 1 atom stereocenters. The molecule has 0 saturated carbocycles. The van der Waals surface area contributed by atoms with Gasteiger partial charge in [-0.15, -0.1) is 0 Å². The SMILES string of the molecule is CN=C(NCCCNC(=O)OC(C)(C)C)NCC(C)Oc1ccccc1OC. The van der Waals surface area contributed by atoms with E-state index in [1.165, 1.54) is 0 Å². The van der Waals surface area contributed by atoms with Crippen molar-refractivity contribution in [1.82, 2.24) is 16.0 Å². The molecule has 158 valence electrons. The Morgan fingerprint density at radius 1 is 1.11 bits per heavy atom. The second kappa shape index (κ2) is 11.9. The van der Waals surface area contributed by atoms with Crippen LogP contribution < -0.4 is 25.4 Å². The lowest BCUT2D eigenvalue weighted by Crippen LogP contribution is -2.42. The number of para-hydroxylation sites is 2. The minimum atomic E-state index is -0.489. The summed E-state index contributed by atoms with van der Waals surface area (Å²) in [7, 11) is 3.33. The number of methoxy groups -OCH3 is 1. The largest absolute Gasteiger partial charge is 0.493 e. The maximum atomic E-state index is 11.6. The summed E-state index contributed by atoms with van der Waals surface area (Å²) in [6.45, 7) is 9.24. The molecule has 0 aromatic heterocycles. The molecule has 1 aromatic rings. The van der Waals surface area contributed by atoms with Crippen LogP contribution >= 0.6 is 0 Å². The van der Waals surface area contributed by atoms with E-state index in [1.807, 2.05) is 52.0 Å². The Morgan fingerprint density at radius 3 is 2.36 bits per heavy atom. The highest BCUT2D eigenvalue weighted by molar-refractivity contribution is 5.79. The first-order valence-electron chi connectivity index (χ1n) is 9.46. The first-order valence-corrected chi connectivity index (χ1v) is 9.46. The van der Waals surface area contributed by atoms with E-state index in [9.17, 15) is 4.79 Å². The summed E-state index contributed by atoms with van der Waals surface area (Å²) in [4.78, 5) is 15.8. The van der Waals surface area contributed by atoms with E-state index >= 15 is 0 Å². The maximum absolute atomic E-state index is 11.6. The third-order valence-corrected chi connectivity index (χ3v) is 3.49. The van der Waals surface area contributed by atoms with E-state index in [0.717, 1.165) is 6.42 Å². The van der Waals surface area contributed by atoms with Crippen LogP contribution in [0.2, 0.25) is 0 Å². The lowest BCUT2D eigenvalue weighted by atomic mass is 10.2. The van der Waals surface area contributed by atoms with E-state index in [0.29, 0.717) is 37.1 Å². The Labute approximate surface area is 168 Å². The van der Waals surface area contributed by atoms with Gasteiger partial charge in [-0.2, -0.15) is 0 Å². The van der Waals surface area contributed by atoms with Gasteiger partial charge in [0.05, 0.1) is 13.7 Å². The van der Waals surface area contributed by atoms with Gasteiger partial charge in [-0.25, -0.2) is 4.79 Å². The summed E-state index contributed by atoms with van der Waals surface area (Å²) in [6.07, 6.45) is 0.258. The van der Waals surface area contributed by atoms with Crippen LogP contribution in [0.3, 0.4) is 0 Å². The fourth-order valence-corrected chi connectivity index (χ4v) is 2.24. The molecule has 0 radical (unpaired) electrons. The van der Waals surface area contributed by atoms with Crippen molar-refractivity contribution in [3.05, 3.63) is 24.3 Å². The summed E-state index contributed by atoms with van der Waals surface area (Å²) in [5, 5.41) is 9.14. The highest BCUT2D eigenvalue weighted by atomic mass is 16.6. The summed E-state index contributed by atoms with van der Waals surface area (Å²) >= 11 is 0. The van der Waals surface area contributed by atoms with Crippen molar-refractivity contribution in [3.63, 3.8) is 0 Å². The van der Waals surface area contributed by atoms with Gasteiger partial charge < -0.3 is 30.2 Å². The lowest BCUT2D eigenvalue weighted by molar-refractivity contribution is 0.0527. The molecule has 0 heterocycles. The van der Waals surface area contributed by atoms with Crippen molar-refractivity contribution in [2.45, 2.75) is 45.8 Å². The zero-order valence-electron chi connectivity index (χ0n) is 17.8. The van der Waals surface area contributed by atoms with Gasteiger partial charge in [-0.05, 0) is 46.2 Å². The summed E-state index contributed by atoms with van der Waals surface area (Å²) < 4.78 is 16.4. The maximum Gasteiger partial charge on any atom is 0.407 e. The number of aliphatic imine (C=N–C) groups is 1. The first kappa shape index (κ1) is 23.4. The van der Waals surface area contributed by atoms with Gasteiger partial charge in [0, 0.05) is 20.1 Å². The topological polar surface area (TPSA) is 93.2 Å². The van der Waals surface area contributed by atoms with E-state index in [1.54, 1.807) is 14.2 Å². The minimum absolute atomic E-state index is 0.0799. The van der Waals surface area contributed by atoms with Crippen molar-refractivity contribution in [2.75, 3.05) is 33.8 Å². The molecule has 1 rings (SSSR count). The summed E-state index contributed by atoms with van der Waals surface area (Å²) in [5.41, 5.74) is -0.489. The summed E-state index contributed by atoms with van der Waals surface area (Å²) in [6, 6.07) is 7.54. The monoisotopic (exact) mass is 394 g/mol. The van der Waals surface area contributed by atoms with Crippen LogP contribution in [0.5, 0.6) is 11.5 Å². The van der Waals surface area contributed by atoms with Gasteiger partial charge in [0.15, 0.2) is 17.5 Å². The Hall–Kier alpha value is -2.64. The third-order valence-electron chi connectivity index (χ3n) is 3.49. The van der Waals surface area contributed by atoms with Crippen LogP contribution in [-0.4, -0.2) is 57.5 Å². The van der Waals surface area contributed by atoms with E-state index in [2.05, 4.69) is 20.9 Å². The van der Waals surface area contributed by atoms with Gasteiger partial charge >= 0.3 is 6.09 Å². The van der Waals surface area contributed by atoms with Crippen molar-refractivity contribution in [1.29, 1.82) is 0 Å². The molecule has 0 bridgehead atoms. The number of hydrogen-bond acceptors (Lipinski definition) is 5. The number of alkyl carbamates (subject to hydrolysis) is 1. The van der Waals surface area contributed by atoms with Gasteiger partial charge in [0.2, 0.25) is 0 Å². The van der Waals surface area contributed by atoms with E-state index in [4.69, 9.17) is 14.2 Å². The predicted octanol–water partition coefficient (Wildman–Crippen LogP) is 2.54. The number of amides is 1. The number of guanidine groups is 1. The molecular formula is C20H34N4O4. The molecule has 28 heavy (non-hydrogen) atoms. The van der Waals surface area contributed by atoms with Crippen molar-refractivity contribution in [2.24, 2.45) is 4.99 Å². The molecule has 1 amide bonds. The molecule has 1 unspecified atom stereocenters. The number of carbonyl (C=O) groups excluding carboxylic acids is 1. The van der Waals surface area contributed by atoms with Crippen molar-refractivity contribution >= 4 is 12.1 Å². The third kappa shape index (κ3) is 9.89. The van der Waals surface area contributed by atoms with Crippen LogP contribution in [0.1, 0.15) is 34.1 Å². The number of ether oxygens (including phenoxy) is 3. The van der Waals surface area contributed by atoms with Gasteiger partial charge in [-0.3, -0.25) is 4.99 Å². The Balaban J connectivity index is 2.25. The van der Waals surface area contributed by atoms with Gasteiger partial charge in [0.1, 0.15) is 11.7 Å². The number of nitrogens with zero attached hydrogens (tertiary/aromatic N) is 1. The quantitative estimate of drug-likeness (QED) is 0.339. The fourth-order valence-electron chi connectivity index (χ4n) is 2.24. The molecule has 0 aliphatic heterocycles. The smallest absolute Gasteiger partial charge is 0.407 e. The molecule has 8 heteroatoms. The molecule has 0 spiro atoms. The second-order valence-electron chi connectivity index (χ2n) is 7.24. The second-order valence-corrected chi connectivity index (χ2v) is 7.24. The molecule has 8 nitrogen and oxygen atoms in total. The number of rotatable bonds is 9. The zero-order chi connectivity index (χ0) is 21.0. The summed E-state index contributed by atoms with van der Waals surface area (Å²) in [5.74, 6) is 2.08. The normalized spacial score (nSPS) is 12.7. The minimum Gasteiger partial charge on any atom is -0.493 e. The molecular weight excluding hydrogens is 360 g/mol. The average molecular weight is 395 g/mol. The lowest BCUT2D eigenvalue weighted by Gasteiger charge is -2.20. The van der Waals surface area contributed by atoms with Crippen molar-refractivity contribution < 1.29 is 19.0 Å². The number of nitrogens with one attached hydrogen (secondary N) is 3. The molecule has 0 aliphatic carbocycles. The number of carbonyl (C=O) groups is 1. The Morgan fingerprint density at radius 2 is 1.75 bits per heavy atom. The highest BCUT2D eigenvalue weighted by Crippen LogP contribution is 2.26. The fraction of sp³-hybridized carbons (Fsp3) is 0.600. The highest BCUT2D eigenvalue weighted by Gasteiger charge is 2.15. The van der Waals surface area contributed by atoms with Gasteiger partial charge in [0.25, 0.3) is 0 Å². The van der Waals surface area contributed by atoms with Crippen molar-refractivity contribution in [3.8, 4) is 11.5 Å². The van der Waals surface area contributed by atoms with Crippen LogP contribution in [0.4, 0.5) is 4.79 Å². The van der Waals surface area contributed by atoms with Crippen LogP contribution in [0.25, 0.3) is 0 Å². The average Bonchev–Trinajstić information content (AvgIpc) is 2.63. The van der Waals surface area contributed by atoms with E-state index in [-0.39, 0.29) is 6.10 Å². The molecule has 0 fully saturated rings. The number of benzene rings is 1. The molecule has 0 aliphatic rings. The Bertz CT molecular complexity index is 629. The molecule has 0 saturated heterocycles. The Kier molecular flexibility index (Phi) is 9.98. The van der Waals surface area contributed by atoms with Crippen LogP contribution in [0.15, 0.2) is 29.3 Å². The first-order chi connectivity index (χ1) is 13.2. The number of hydrogen-bond donors (Lipinski definition) is 3. The van der Waals surface area contributed by atoms with Gasteiger partial charge in [-0.1, -0.05) is 12.1 Å². The zero-order valence-corrected chi connectivity index (χ0v) is 17.8. The predicted molar refractivity (Wildman–Crippen MR) is 111 cm³/mol. The van der Waals surface area contributed by atoms with Crippen LogP contribution in [-0.2, 0) is 4.74 Å². The standard InChI is InChI=1S/C20H34N4O4/c1-15(27-17-11-8-7-10-16(17)26-6)14-24-18(21-5)22-12-9-13-23-19(25)28-20(2,3)4/h7-8,10-11,15H,9,12-14H2,1-6H3,(H,23,25)(H2,21,22,24). The van der Waals surface area contributed by atoms with Crippen LogP contribution in [0, 0.1) is 0 Å². The molecule has 3 N–H and O–H groups in total. The van der Waals surface area contributed by atoms with E-state index < -0.39 is 11.7 Å².